The van der Waals surface area contributed by atoms with Crippen LogP contribution < -0.4 is 10.2 Å². The van der Waals surface area contributed by atoms with Crippen LogP contribution in [0.2, 0.25) is 0 Å². The van der Waals surface area contributed by atoms with Gasteiger partial charge in [-0.05, 0) is 45.3 Å². The van der Waals surface area contributed by atoms with Gasteiger partial charge in [-0.25, -0.2) is 5.43 Å². The van der Waals surface area contributed by atoms with Gasteiger partial charge in [0.25, 0.3) is 11.6 Å². The zero-order valence-electron chi connectivity index (χ0n) is 15.1. The van der Waals surface area contributed by atoms with E-state index in [9.17, 15) is 14.9 Å². The van der Waals surface area contributed by atoms with Gasteiger partial charge in [-0.3, -0.25) is 14.9 Å². The van der Waals surface area contributed by atoms with Crippen LogP contribution in [-0.4, -0.2) is 23.7 Å². The highest BCUT2D eigenvalue weighted by Gasteiger charge is 2.11. The topological polar surface area (TPSA) is 93.8 Å². The fraction of sp³-hybridized carbons (Fsp3) is 0.0476. The summed E-state index contributed by atoms with van der Waals surface area (Å²) in [5.41, 5.74) is 4.88. The molecule has 3 aromatic carbocycles. The van der Waals surface area contributed by atoms with Gasteiger partial charge in [-0.15, -0.1) is 0 Å². The molecule has 146 valence electrons. The number of carbonyl (C=O) groups excluding carboxylic acids is 1. The predicted molar refractivity (Wildman–Crippen MR) is 114 cm³/mol. The van der Waals surface area contributed by atoms with E-state index in [-0.39, 0.29) is 12.3 Å². The molecule has 0 aromatic heterocycles. The first-order chi connectivity index (χ1) is 14.0. The van der Waals surface area contributed by atoms with Gasteiger partial charge in [0.05, 0.1) is 15.6 Å². The van der Waals surface area contributed by atoms with Crippen molar-refractivity contribution in [2.75, 3.05) is 6.61 Å². The highest BCUT2D eigenvalue weighted by Crippen LogP contribution is 2.25. The van der Waals surface area contributed by atoms with Crippen molar-refractivity contribution in [3.63, 3.8) is 0 Å². The third kappa shape index (κ3) is 5.73. The summed E-state index contributed by atoms with van der Waals surface area (Å²) in [6.07, 6.45) is 1.33. The minimum atomic E-state index is -0.503. The summed E-state index contributed by atoms with van der Waals surface area (Å²) in [5, 5.41) is 14.7. The fourth-order valence-corrected chi connectivity index (χ4v) is 2.88. The summed E-state index contributed by atoms with van der Waals surface area (Å²) in [7, 11) is 0. The lowest BCUT2D eigenvalue weighted by Gasteiger charge is -2.06. The van der Waals surface area contributed by atoms with Crippen molar-refractivity contribution >= 4 is 33.7 Å². The molecule has 0 heterocycles. The first kappa shape index (κ1) is 20.2. The lowest BCUT2D eigenvalue weighted by atomic mass is 10.1. The average molecular weight is 454 g/mol. The molecule has 0 unspecified atom stereocenters. The van der Waals surface area contributed by atoms with Crippen molar-refractivity contribution in [3.8, 4) is 16.9 Å². The maximum absolute atomic E-state index is 11.9. The van der Waals surface area contributed by atoms with E-state index < -0.39 is 10.8 Å². The summed E-state index contributed by atoms with van der Waals surface area (Å²) >= 11 is 3.11. The Balaban J connectivity index is 1.51. The zero-order chi connectivity index (χ0) is 20.6. The van der Waals surface area contributed by atoms with Gasteiger partial charge in [0.2, 0.25) is 0 Å². The number of carbonyl (C=O) groups is 1. The maximum atomic E-state index is 11.9. The summed E-state index contributed by atoms with van der Waals surface area (Å²) < 4.78 is 5.82. The van der Waals surface area contributed by atoms with E-state index >= 15 is 0 Å². The number of nitrogens with zero attached hydrogens (tertiary/aromatic N) is 2. The molecule has 7 nitrogen and oxygen atoms in total. The molecule has 0 saturated carbocycles. The van der Waals surface area contributed by atoms with Crippen LogP contribution in [0.25, 0.3) is 11.1 Å². The van der Waals surface area contributed by atoms with Gasteiger partial charge >= 0.3 is 0 Å². The van der Waals surface area contributed by atoms with Crippen LogP contribution in [0.3, 0.4) is 0 Å². The Morgan fingerprint density at radius 2 is 1.76 bits per heavy atom. The van der Waals surface area contributed by atoms with Gasteiger partial charge in [-0.2, -0.15) is 5.10 Å². The third-order valence-corrected chi connectivity index (χ3v) is 4.57. The Labute approximate surface area is 175 Å². The summed E-state index contributed by atoms with van der Waals surface area (Å²) in [6, 6.07) is 21.9. The molecule has 0 saturated heterocycles. The molecule has 0 aliphatic rings. The van der Waals surface area contributed by atoms with E-state index in [0.717, 1.165) is 11.1 Å². The van der Waals surface area contributed by atoms with Gasteiger partial charge in [0, 0.05) is 11.6 Å². The Morgan fingerprint density at radius 3 is 2.45 bits per heavy atom. The van der Waals surface area contributed by atoms with Crippen molar-refractivity contribution in [2.45, 2.75) is 0 Å². The van der Waals surface area contributed by atoms with E-state index in [2.05, 4.69) is 26.5 Å². The van der Waals surface area contributed by atoms with E-state index in [4.69, 9.17) is 4.74 Å². The number of benzene rings is 3. The molecule has 0 bridgehead atoms. The van der Waals surface area contributed by atoms with Crippen molar-refractivity contribution < 1.29 is 14.5 Å². The van der Waals surface area contributed by atoms with E-state index in [1.807, 2.05) is 42.5 Å². The van der Waals surface area contributed by atoms with E-state index in [1.165, 1.54) is 12.3 Å². The Hall–Kier alpha value is -3.52. The molecule has 0 aliphatic carbocycles. The number of nitrogens with one attached hydrogen (secondary N) is 1. The number of hydrogen-bond donors (Lipinski definition) is 1. The zero-order valence-corrected chi connectivity index (χ0v) is 16.7. The van der Waals surface area contributed by atoms with Gasteiger partial charge in [0.15, 0.2) is 6.61 Å². The minimum Gasteiger partial charge on any atom is -0.484 e. The Morgan fingerprint density at radius 1 is 1.07 bits per heavy atom. The van der Waals surface area contributed by atoms with E-state index in [1.54, 1.807) is 24.3 Å². The first-order valence-corrected chi connectivity index (χ1v) is 9.36. The molecule has 3 rings (SSSR count). The van der Waals surface area contributed by atoms with E-state index in [0.29, 0.717) is 15.8 Å². The summed E-state index contributed by atoms with van der Waals surface area (Å²) in [6.45, 7) is -0.206. The fourth-order valence-electron chi connectivity index (χ4n) is 2.48. The van der Waals surface area contributed by atoms with Crippen LogP contribution in [-0.2, 0) is 4.79 Å². The number of nitro benzene ring substituents is 1. The van der Waals surface area contributed by atoms with Crippen LogP contribution in [0.1, 0.15) is 5.56 Å². The molecule has 0 atom stereocenters. The normalized spacial score (nSPS) is 10.7. The maximum Gasteiger partial charge on any atom is 0.284 e. The Bertz CT molecular complexity index is 1040. The first-order valence-electron chi connectivity index (χ1n) is 8.57. The lowest BCUT2D eigenvalue weighted by molar-refractivity contribution is -0.385. The standard InChI is InChI=1S/C21H16BrN3O4/c22-19-11-6-15(12-20(19)25(27)28)13-23-24-21(26)14-29-18-9-7-17(8-10-18)16-4-2-1-3-5-16/h1-13H,14H2,(H,24,26). The number of amides is 1. The smallest absolute Gasteiger partial charge is 0.284 e. The Kier molecular flexibility index (Phi) is 6.70. The third-order valence-electron chi connectivity index (χ3n) is 3.90. The van der Waals surface area contributed by atoms with Crippen LogP contribution in [0.15, 0.2) is 82.4 Å². The number of rotatable bonds is 7. The molecule has 8 heteroatoms. The highest BCUT2D eigenvalue weighted by atomic mass is 79.9. The molecule has 0 fully saturated rings. The molecular formula is C21H16BrN3O4. The molecule has 3 aromatic rings. The van der Waals surface area contributed by atoms with Crippen LogP contribution in [0, 0.1) is 10.1 Å². The second kappa shape index (κ2) is 9.61. The van der Waals surface area contributed by atoms with Crippen molar-refractivity contribution in [1.29, 1.82) is 0 Å². The number of hydrogen-bond acceptors (Lipinski definition) is 5. The molecule has 1 N–H and O–H groups in total. The van der Waals surface area contributed by atoms with Gasteiger partial charge < -0.3 is 4.74 Å². The van der Waals surface area contributed by atoms with Crippen LogP contribution in [0.5, 0.6) is 5.75 Å². The number of halogens is 1. The molecule has 0 radical (unpaired) electrons. The average Bonchev–Trinajstić information content (AvgIpc) is 2.74. The highest BCUT2D eigenvalue weighted by molar-refractivity contribution is 9.10. The number of nitro groups is 1. The predicted octanol–water partition coefficient (Wildman–Crippen LogP) is 4.55. The van der Waals surface area contributed by atoms with Crippen LogP contribution >= 0.6 is 15.9 Å². The molecule has 29 heavy (non-hydrogen) atoms. The summed E-state index contributed by atoms with van der Waals surface area (Å²) in [5.74, 6) is 0.118. The van der Waals surface area contributed by atoms with Crippen LogP contribution in [0.4, 0.5) is 5.69 Å². The molecular weight excluding hydrogens is 438 g/mol. The quantitative estimate of drug-likeness (QED) is 0.322. The van der Waals surface area contributed by atoms with Crippen molar-refractivity contribution in [1.82, 2.24) is 5.43 Å². The van der Waals surface area contributed by atoms with Gasteiger partial charge in [-0.1, -0.05) is 48.5 Å². The molecule has 1 amide bonds. The number of hydrazone groups is 1. The second-order valence-electron chi connectivity index (χ2n) is 5.94. The molecule has 0 spiro atoms. The monoisotopic (exact) mass is 453 g/mol. The number of ether oxygens (including phenoxy) is 1. The SMILES string of the molecule is O=C(COc1ccc(-c2ccccc2)cc1)NN=Cc1ccc(Br)c([N+](=O)[O-])c1. The van der Waals surface area contributed by atoms with Crippen molar-refractivity contribution in [3.05, 3.63) is 92.9 Å². The van der Waals surface area contributed by atoms with Crippen molar-refractivity contribution in [2.24, 2.45) is 5.10 Å². The second-order valence-corrected chi connectivity index (χ2v) is 6.79. The lowest BCUT2D eigenvalue weighted by Crippen LogP contribution is -2.24. The summed E-state index contributed by atoms with van der Waals surface area (Å²) in [4.78, 5) is 22.3. The largest absolute Gasteiger partial charge is 0.484 e. The van der Waals surface area contributed by atoms with Gasteiger partial charge in [0.1, 0.15) is 5.75 Å². The minimum absolute atomic E-state index is 0.0810. The molecule has 0 aliphatic heterocycles.